The molecule has 0 saturated carbocycles. The number of benzene rings is 2. The van der Waals surface area contributed by atoms with Crippen LogP contribution in [0, 0.1) is 0 Å². The smallest absolute Gasteiger partial charge is 0.251 e. The van der Waals surface area contributed by atoms with Crippen LogP contribution in [0.15, 0.2) is 36.4 Å². The zero-order valence-electron chi connectivity index (χ0n) is 14.4. The molecule has 2 aromatic rings. The third kappa shape index (κ3) is 4.37. The van der Waals surface area contributed by atoms with Crippen LogP contribution < -0.4 is 20.1 Å². The van der Waals surface area contributed by atoms with E-state index in [1.54, 1.807) is 14.2 Å². The van der Waals surface area contributed by atoms with Gasteiger partial charge in [-0.1, -0.05) is 6.07 Å². The molecular formula is C19H23ClN2O3. The molecule has 0 radical (unpaired) electrons. The minimum absolute atomic E-state index is 0. The van der Waals surface area contributed by atoms with Gasteiger partial charge in [-0.25, -0.2) is 0 Å². The van der Waals surface area contributed by atoms with Crippen molar-refractivity contribution in [2.45, 2.75) is 12.8 Å². The van der Waals surface area contributed by atoms with E-state index in [0.29, 0.717) is 23.6 Å². The quantitative estimate of drug-likeness (QED) is 0.829. The zero-order valence-corrected chi connectivity index (χ0v) is 15.2. The normalized spacial score (nSPS) is 11.8. The second kappa shape index (κ2) is 8.62. The summed E-state index contributed by atoms with van der Waals surface area (Å²) in [7, 11) is 3.23. The van der Waals surface area contributed by atoms with Gasteiger partial charge in [0.2, 0.25) is 0 Å². The monoisotopic (exact) mass is 362 g/mol. The Morgan fingerprint density at radius 1 is 1.12 bits per heavy atom. The molecule has 0 saturated heterocycles. The molecule has 2 N–H and O–H groups in total. The van der Waals surface area contributed by atoms with Gasteiger partial charge in [-0.15, -0.1) is 12.4 Å². The lowest BCUT2D eigenvalue weighted by Crippen LogP contribution is -2.25. The molecule has 2 aromatic carbocycles. The Labute approximate surface area is 154 Å². The van der Waals surface area contributed by atoms with Gasteiger partial charge in [0.15, 0.2) is 11.5 Å². The third-order valence-corrected chi connectivity index (χ3v) is 4.22. The average Bonchev–Trinajstić information content (AvgIpc) is 3.09. The predicted molar refractivity (Wildman–Crippen MR) is 101 cm³/mol. The van der Waals surface area contributed by atoms with Crippen molar-refractivity contribution in [3.05, 3.63) is 53.1 Å². The van der Waals surface area contributed by atoms with Crippen molar-refractivity contribution >= 4 is 24.0 Å². The van der Waals surface area contributed by atoms with Crippen LogP contribution in [-0.4, -0.2) is 33.2 Å². The van der Waals surface area contributed by atoms with Crippen LogP contribution in [0.25, 0.3) is 0 Å². The van der Waals surface area contributed by atoms with Gasteiger partial charge in [-0.3, -0.25) is 4.79 Å². The van der Waals surface area contributed by atoms with Crippen molar-refractivity contribution in [3.63, 3.8) is 0 Å². The largest absolute Gasteiger partial charge is 0.493 e. The van der Waals surface area contributed by atoms with E-state index >= 15 is 0 Å². The van der Waals surface area contributed by atoms with Gasteiger partial charge in [-0.2, -0.15) is 0 Å². The topological polar surface area (TPSA) is 59.6 Å². The van der Waals surface area contributed by atoms with Gasteiger partial charge in [0.1, 0.15) is 0 Å². The molecule has 1 heterocycles. The van der Waals surface area contributed by atoms with Crippen molar-refractivity contribution < 1.29 is 14.3 Å². The first-order chi connectivity index (χ1) is 11.7. The van der Waals surface area contributed by atoms with E-state index in [9.17, 15) is 4.79 Å². The Balaban J connectivity index is 0.00000225. The highest BCUT2D eigenvalue weighted by molar-refractivity contribution is 5.95. The number of hydrogen-bond donors (Lipinski definition) is 2. The number of anilines is 1. The second-order valence-electron chi connectivity index (χ2n) is 5.74. The molecule has 1 amide bonds. The predicted octanol–water partition coefficient (Wildman–Crippen LogP) is 3.07. The van der Waals surface area contributed by atoms with Gasteiger partial charge < -0.3 is 20.1 Å². The van der Waals surface area contributed by atoms with Gasteiger partial charge in [-0.05, 0) is 54.3 Å². The van der Waals surface area contributed by atoms with E-state index in [1.165, 1.54) is 5.56 Å². The second-order valence-corrected chi connectivity index (χ2v) is 5.74. The first-order valence-electron chi connectivity index (χ1n) is 8.07. The summed E-state index contributed by atoms with van der Waals surface area (Å²) in [6.45, 7) is 1.52. The molecule has 0 fully saturated rings. The molecule has 134 valence electrons. The van der Waals surface area contributed by atoms with Crippen LogP contribution in [0.3, 0.4) is 0 Å². The first-order valence-corrected chi connectivity index (χ1v) is 8.07. The van der Waals surface area contributed by atoms with E-state index in [4.69, 9.17) is 9.47 Å². The molecule has 0 aliphatic carbocycles. The summed E-state index contributed by atoms with van der Waals surface area (Å²) in [5.74, 6) is 1.37. The fourth-order valence-corrected chi connectivity index (χ4v) is 2.90. The number of halogens is 1. The number of amides is 1. The van der Waals surface area contributed by atoms with E-state index in [1.807, 2.05) is 36.4 Å². The number of carbonyl (C=O) groups excluding carboxylic acids is 1. The molecule has 0 atom stereocenters. The van der Waals surface area contributed by atoms with Gasteiger partial charge in [0.05, 0.1) is 14.2 Å². The molecule has 1 aliphatic rings. The Morgan fingerprint density at radius 3 is 2.68 bits per heavy atom. The van der Waals surface area contributed by atoms with Crippen LogP contribution >= 0.6 is 12.4 Å². The SMILES string of the molecule is COc1ccc(CCNC(=O)c2ccc3c(c2)CCN3)cc1OC.Cl. The van der Waals surface area contributed by atoms with E-state index in [2.05, 4.69) is 10.6 Å². The summed E-state index contributed by atoms with van der Waals surface area (Å²) in [6, 6.07) is 11.6. The minimum atomic E-state index is -0.0369. The summed E-state index contributed by atoms with van der Waals surface area (Å²) in [6.07, 6.45) is 1.71. The molecule has 0 aromatic heterocycles. The Morgan fingerprint density at radius 2 is 1.92 bits per heavy atom. The average molecular weight is 363 g/mol. The minimum Gasteiger partial charge on any atom is -0.493 e. The van der Waals surface area contributed by atoms with Gasteiger partial charge in [0.25, 0.3) is 5.91 Å². The number of carbonyl (C=O) groups is 1. The maximum atomic E-state index is 12.3. The summed E-state index contributed by atoms with van der Waals surface area (Å²) in [5, 5.41) is 6.27. The van der Waals surface area contributed by atoms with Crippen molar-refractivity contribution in [2.75, 3.05) is 32.6 Å². The molecule has 0 bridgehead atoms. The molecule has 3 rings (SSSR count). The van der Waals surface area contributed by atoms with Crippen LogP contribution in [0.1, 0.15) is 21.5 Å². The third-order valence-electron chi connectivity index (χ3n) is 4.22. The lowest BCUT2D eigenvalue weighted by molar-refractivity contribution is 0.0954. The molecule has 25 heavy (non-hydrogen) atoms. The van der Waals surface area contributed by atoms with E-state index in [-0.39, 0.29) is 18.3 Å². The van der Waals surface area contributed by atoms with E-state index in [0.717, 1.165) is 30.6 Å². The zero-order chi connectivity index (χ0) is 16.9. The molecular weight excluding hydrogens is 340 g/mol. The number of fused-ring (bicyclic) bond motifs is 1. The number of nitrogens with one attached hydrogen (secondary N) is 2. The maximum Gasteiger partial charge on any atom is 0.251 e. The fourth-order valence-electron chi connectivity index (χ4n) is 2.90. The summed E-state index contributed by atoms with van der Waals surface area (Å²) < 4.78 is 10.5. The Bertz CT molecular complexity index is 749. The van der Waals surface area contributed by atoms with Gasteiger partial charge >= 0.3 is 0 Å². The van der Waals surface area contributed by atoms with Crippen molar-refractivity contribution in [3.8, 4) is 11.5 Å². The lowest BCUT2D eigenvalue weighted by Gasteiger charge is -2.10. The fraction of sp³-hybridized carbons (Fsp3) is 0.316. The first kappa shape index (κ1) is 18.9. The highest BCUT2D eigenvalue weighted by Crippen LogP contribution is 2.27. The van der Waals surface area contributed by atoms with Gasteiger partial charge in [0, 0.05) is 24.3 Å². The van der Waals surface area contributed by atoms with Crippen molar-refractivity contribution in [1.82, 2.24) is 5.32 Å². The molecule has 6 heteroatoms. The molecule has 0 spiro atoms. The standard InChI is InChI=1S/C19H22N2O3.ClH/c1-23-17-6-3-13(11-18(17)24-2)7-9-21-19(22)15-4-5-16-14(12-15)8-10-20-16;/h3-6,11-12,20H,7-10H2,1-2H3,(H,21,22);1H. The van der Waals surface area contributed by atoms with Crippen LogP contribution in [0.4, 0.5) is 5.69 Å². The Kier molecular flexibility index (Phi) is 6.53. The Hall–Kier alpha value is -2.40. The molecule has 0 unspecified atom stereocenters. The number of ether oxygens (including phenoxy) is 2. The number of methoxy groups -OCH3 is 2. The van der Waals surface area contributed by atoms with Crippen LogP contribution in [0.5, 0.6) is 11.5 Å². The van der Waals surface area contributed by atoms with Crippen molar-refractivity contribution in [1.29, 1.82) is 0 Å². The van der Waals surface area contributed by atoms with Crippen LogP contribution in [0.2, 0.25) is 0 Å². The summed E-state index contributed by atoms with van der Waals surface area (Å²) >= 11 is 0. The highest BCUT2D eigenvalue weighted by Gasteiger charge is 2.13. The summed E-state index contributed by atoms with van der Waals surface area (Å²) in [4.78, 5) is 12.3. The van der Waals surface area contributed by atoms with E-state index < -0.39 is 0 Å². The number of hydrogen-bond acceptors (Lipinski definition) is 4. The molecule has 1 aliphatic heterocycles. The maximum absolute atomic E-state index is 12.3. The van der Waals surface area contributed by atoms with Crippen molar-refractivity contribution in [2.24, 2.45) is 0 Å². The molecule has 5 nitrogen and oxygen atoms in total. The number of rotatable bonds is 6. The highest BCUT2D eigenvalue weighted by atomic mass is 35.5. The van der Waals surface area contributed by atoms with Crippen LogP contribution in [-0.2, 0) is 12.8 Å². The lowest BCUT2D eigenvalue weighted by atomic mass is 10.1. The summed E-state index contributed by atoms with van der Waals surface area (Å²) in [5.41, 5.74) is 4.15.